The number of carbonyl (C=O) groups excluding carboxylic acids is 8. The molecule has 4 N–H and O–H groups in total. The topological polar surface area (TPSA) is 432 Å². The first-order chi connectivity index (χ1) is 46.7. The Bertz CT molecular complexity index is 3740. The lowest BCUT2D eigenvalue weighted by atomic mass is 9.66. The van der Waals surface area contributed by atoms with Crippen molar-refractivity contribution in [1.82, 2.24) is 21.3 Å². The number of ether oxygens (including phenoxy) is 8. The van der Waals surface area contributed by atoms with Gasteiger partial charge in [-0.3, -0.25) is 35.9 Å². The highest BCUT2D eigenvalue weighted by Gasteiger charge is 2.83. The lowest BCUT2D eigenvalue weighted by Crippen LogP contribution is -2.60. The number of esters is 4. The molecule has 32 nitrogen and oxygen atoms in total. The van der Waals surface area contributed by atoms with Gasteiger partial charge >= 0.3 is 23.9 Å². The van der Waals surface area contributed by atoms with Gasteiger partial charge in [0, 0.05) is 52.9 Å². The summed E-state index contributed by atoms with van der Waals surface area (Å²) in [5.74, 6) is -3.52. The molecule has 0 aromatic heterocycles. The van der Waals surface area contributed by atoms with Crippen molar-refractivity contribution in [1.29, 1.82) is 0 Å². The Balaban J connectivity index is 0.000000156. The van der Waals surface area contributed by atoms with Gasteiger partial charge in [-0.05, 0) is 95.3 Å². The fourth-order valence-electron chi connectivity index (χ4n) is 17.9. The maximum absolute atomic E-state index is 12.4. The van der Waals surface area contributed by atoms with Crippen molar-refractivity contribution in [3.05, 3.63) is 50.1 Å². The molecule has 12 aliphatic rings. The molecule has 8 bridgehead atoms. The molecule has 4 amide bonds. The van der Waals surface area contributed by atoms with Gasteiger partial charge < -0.3 is 59.2 Å². The smallest absolute Gasteiger partial charge is 0.333 e. The van der Waals surface area contributed by atoms with Crippen LogP contribution in [0.3, 0.4) is 0 Å². The van der Waals surface area contributed by atoms with E-state index in [-0.39, 0.29) is 162 Å². The maximum Gasteiger partial charge on any atom is 0.333 e. The molecule has 21 atom stereocenters. The summed E-state index contributed by atoms with van der Waals surface area (Å²) in [4.78, 5) is 91.4. The first-order valence-electron chi connectivity index (χ1n) is 33.2. The zero-order valence-corrected chi connectivity index (χ0v) is 60.4. The summed E-state index contributed by atoms with van der Waals surface area (Å²) in [6.07, 6.45) is 4.50. The molecule has 100 heavy (non-hydrogen) atoms. The average Bonchev–Trinajstić information content (AvgIpc) is 1.48. The molecule has 0 aromatic carbocycles. The maximum atomic E-state index is 12.4. The van der Waals surface area contributed by atoms with Gasteiger partial charge in [0.25, 0.3) is 40.5 Å². The highest BCUT2D eigenvalue weighted by molar-refractivity contribution is 7.88. The van der Waals surface area contributed by atoms with Crippen LogP contribution in [0, 0.1) is 58.2 Å². The lowest BCUT2D eigenvalue weighted by molar-refractivity contribution is -0.194. The minimum atomic E-state index is -3.64. The molecule has 21 unspecified atom stereocenters. The Morgan fingerprint density at radius 1 is 0.520 bits per heavy atom. The monoisotopic (exact) mass is 1490 g/mol. The molecule has 36 heteroatoms. The van der Waals surface area contributed by atoms with Crippen LogP contribution in [-0.4, -0.2) is 229 Å². The fraction of sp³-hybridized carbons (Fsp3) is 0.750. The highest BCUT2D eigenvalue weighted by atomic mass is 32.2. The zero-order valence-electron chi connectivity index (χ0n) is 57.2. The van der Waals surface area contributed by atoms with E-state index in [1.165, 1.54) is 0 Å². The normalized spacial score (nSPS) is 38.3. The molecular weight excluding hydrogens is 1400 g/mol. The number of nitrogens with one attached hydrogen (secondary N) is 4. The van der Waals surface area contributed by atoms with Gasteiger partial charge in [-0.2, -0.15) is 33.7 Å². The van der Waals surface area contributed by atoms with E-state index in [1.54, 1.807) is 13.8 Å². The molecule has 4 heterocycles. The third-order valence-electron chi connectivity index (χ3n) is 23.0. The second kappa shape index (κ2) is 29.7. The van der Waals surface area contributed by atoms with Crippen LogP contribution >= 0.6 is 0 Å². The summed E-state index contributed by atoms with van der Waals surface area (Å²) in [5, 5.41) is 8.55. The van der Waals surface area contributed by atoms with Crippen LogP contribution in [0.5, 0.6) is 0 Å². The number of hydrogen-bond donors (Lipinski definition) is 4. The van der Waals surface area contributed by atoms with Crippen LogP contribution < -0.4 is 21.3 Å². The zero-order chi connectivity index (χ0) is 73.7. The van der Waals surface area contributed by atoms with Crippen LogP contribution in [-0.2, 0) is 133 Å². The summed E-state index contributed by atoms with van der Waals surface area (Å²) in [5.41, 5.74) is -3.00. The number of rotatable bonds is 28. The minimum Gasteiger partial charge on any atom is -0.461 e. The van der Waals surface area contributed by atoms with E-state index in [0.717, 1.165) is 31.1 Å². The van der Waals surface area contributed by atoms with Crippen molar-refractivity contribution in [3.63, 3.8) is 0 Å². The highest BCUT2D eigenvalue weighted by Crippen LogP contribution is 2.74. The minimum absolute atomic E-state index is 0.00498. The van der Waals surface area contributed by atoms with Crippen LogP contribution in [0.25, 0.3) is 0 Å². The predicted octanol–water partition coefficient (Wildman–Crippen LogP) is 0.249. The number of carbonyl (C=O) groups is 8. The lowest BCUT2D eigenvalue weighted by Gasteiger charge is -2.49. The molecule has 0 aromatic rings. The summed E-state index contributed by atoms with van der Waals surface area (Å²) < 4.78 is 160. The average molecular weight is 1490 g/mol. The number of hydrogen-bond acceptors (Lipinski definition) is 28. The van der Waals surface area contributed by atoms with E-state index >= 15 is 0 Å². The van der Waals surface area contributed by atoms with Crippen LogP contribution in [0.1, 0.15) is 93.9 Å². The van der Waals surface area contributed by atoms with E-state index in [2.05, 4.69) is 47.6 Å². The summed E-state index contributed by atoms with van der Waals surface area (Å²) in [6, 6.07) is 0. The molecule has 0 spiro atoms. The van der Waals surface area contributed by atoms with Gasteiger partial charge in [0.15, 0.2) is 0 Å². The second-order valence-electron chi connectivity index (χ2n) is 28.6. The summed E-state index contributed by atoms with van der Waals surface area (Å²) >= 11 is 0. The molecule has 12 fully saturated rings. The molecular formula is C64H92N4O28S4. The molecule has 12 rings (SSSR count). The summed E-state index contributed by atoms with van der Waals surface area (Å²) in [7, 11) is -14.2. The van der Waals surface area contributed by atoms with E-state index in [4.69, 9.17) is 54.6 Å². The molecule has 4 saturated heterocycles. The van der Waals surface area contributed by atoms with Gasteiger partial charge in [0.2, 0.25) is 23.6 Å². The third kappa shape index (κ3) is 15.0. The van der Waals surface area contributed by atoms with E-state index in [1.807, 2.05) is 41.5 Å². The molecule has 8 aliphatic carbocycles. The number of amides is 4. The Labute approximate surface area is 582 Å². The molecule has 4 aliphatic heterocycles. The van der Waals surface area contributed by atoms with Crippen LogP contribution in [0.4, 0.5) is 0 Å². The first-order valence-corrected chi connectivity index (χ1v) is 39.1. The van der Waals surface area contributed by atoms with Crippen molar-refractivity contribution < 1.29 is 127 Å². The Kier molecular flexibility index (Phi) is 23.3. The quantitative estimate of drug-likeness (QED) is 0.0268. The van der Waals surface area contributed by atoms with Gasteiger partial charge in [-0.1, -0.05) is 54.0 Å². The molecule has 0 radical (unpaired) electrons. The van der Waals surface area contributed by atoms with E-state index < -0.39 is 132 Å². The fourth-order valence-corrected chi connectivity index (χ4v) is 25.9. The SMILES string of the molecule is C=C(C)C(=O)OCCNC(=O)COC1C2CC3C1OS(=O)(=O)C3C2.C=CC(=O)OCCNC(=O)COC1(C)C2(C)CC3C(C2C)C1(C)OS3(=O)=O.C=CC(=O)OCCNC(=O)COC1(C)C2CC3C1OS(=O)(=O)C3C2.C=CC(=O)OCCNC(=O)COC1C2OS(=O)(=O)C3CC1C(C)(C)C23. The Morgan fingerprint density at radius 3 is 1.52 bits per heavy atom. The van der Waals surface area contributed by atoms with Crippen molar-refractivity contribution in [2.24, 2.45) is 58.2 Å². The molecule has 8 saturated carbocycles. The van der Waals surface area contributed by atoms with Crippen LogP contribution in [0.2, 0.25) is 0 Å². The third-order valence-corrected chi connectivity index (χ3v) is 30.0. The van der Waals surface area contributed by atoms with Gasteiger partial charge in [-0.25, -0.2) is 19.2 Å². The van der Waals surface area contributed by atoms with E-state index in [0.29, 0.717) is 31.3 Å². The standard InChI is InChI=1S/C18H27NO7S.C16H23NO7S.2C15H21NO7S/c1-6-14(21)24-8-7-19-13(20)10-25-18(5)16(3)9-12-15(11(16)2)17(18,4)26-27(12,22)23;1-4-12(19)22-6-5-17-11(18)8-23-14-9-7-10-13(16(9,2)3)15(14)24-25(10,20)21;1-8(2)15(18)21-4-3-16-12(17)7-22-13-9-5-10-11(6-9)24(19,20)23-14(10)13;1-3-13(18)21-5-4-16-12(17)8-22-15(2)9-6-10-11(7-9)24(19,20)23-14(10)15/h6,11-12,15H,1,7-10H2,2-5H3,(H,19,20);4,9-10,13-15H,1,5-8H2,2-3H3,(H,17,18);9-11,13-14H,1,3-7H2,2H3,(H,16,17);3,9-11,14H,1,4-8H2,2H3,(H,16,17). The largest absolute Gasteiger partial charge is 0.461 e. The Hall–Kier alpha value is -5.80. The van der Waals surface area contributed by atoms with Crippen LogP contribution in [0.15, 0.2) is 50.1 Å². The number of fused-ring (bicyclic) bond motifs is 4. The van der Waals surface area contributed by atoms with E-state index in [9.17, 15) is 72.0 Å². The van der Waals surface area contributed by atoms with Crippen molar-refractivity contribution in [2.75, 3.05) is 79.0 Å². The van der Waals surface area contributed by atoms with Gasteiger partial charge in [-0.15, -0.1) is 0 Å². The molecule has 560 valence electrons. The predicted molar refractivity (Wildman–Crippen MR) is 348 cm³/mol. The van der Waals surface area contributed by atoms with Gasteiger partial charge in [0.05, 0.1) is 65.0 Å². The van der Waals surface area contributed by atoms with Crippen molar-refractivity contribution >= 4 is 88.0 Å². The Morgan fingerprint density at radius 2 is 0.990 bits per heavy atom. The van der Waals surface area contributed by atoms with Crippen molar-refractivity contribution in [3.8, 4) is 0 Å². The first kappa shape index (κ1) is 78.3. The summed E-state index contributed by atoms with van der Waals surface area (Å²) in [6.45, 7) is 28.4. The van der Waals surface area contributed by atoms with Crippen molar-refractivity contribution in [2.45, 2.75) is 162 Å². The second-order valence-corrected chi connectivity index (χ2v) is 35.7. The van der Waals surface area contributed by atoms with Gasteiger partial charge in [0.1, 0.15) is 82.4 Å².